The fraction of sp³-hybridized carbons (Fsp3) is 0.875. The van der Waals surface area contributed by atoms with Crippen LogP contribution in [0.4, 0.5) is 0 Å². The molecule has 0 bridgehead atoms. The molecule has 0 saturated heterocycles. The average molecular weight is 158 g/mol. The van der Waals surface area contributed by atoms with E-state index in [0.717, 1.165) is 0 Å². The minimum absolute atomic E-state index is 0.0602. The quantitative estimate of drug-likeness (QED) is 0.628. The molecule has 11 heavy (non-hydrogen) atoms. The zero-order valence-electron chi connectivity index (χ0n) is 7.72. The third kappa shape index (κ3) is 3.98. The summed E-state index contributed by atoms with van der Waals surface area (Å²) >= 11 is 0. The van der Waals surface area contributed by atoms with Crippen LogP contribution < -0.4 is 11.1 Å². The number of carbonyl (C=O) groups excluding carboxylic acids is 1. The van der Waals surface area contributed by atoms with Crippen molar-refractivity contribution in [3.05, 3.63) is 0 Å². The number of amides is 1. The Balaban J connectivity index is 3.83. The van der Waals surface area contributed by atoms with E-state index in [1.807, 2.05) is 27.7 Å². The van der Waals surface area contributed by atoms with E-state index in [-0.39, 0.29) is 23.9 Å². The van der Waals surface area contributed by atoms with Crippen LogP contribution in [0, 0.1) is 5.92 Å². The van der Waals surface area contributed by atoms with Gasteiger partial charge in [0.25, 0.3) is 0 Å². The smallest absolute Gasteiger partial charge is 0.237 e. The van der Waals surface area contributed by atoms with Crippen LogP contribution in [0.2, 0.25) is 0 Å². The molecule has 3 heteroatoms. The van der Waals surface area contributed by atoms with Crippen molar-refractivity contribution in [2.24, 2.45) is 11.7 Å². The molecule has 0 aromatic carbocycles. The van der Waals surface area contributed by atoms with Gasteiger partial charge in [0.2, 0.25) is 5.91 Å². The second kappa shape index (κ2) is 4.34. The molecule has 0 rings (SSSR count). The first-order chi connectivity index (χ1) is 4.95. The molecule has 1 atom stereocenters. The molecule has 1 amide bonds. The van der Waals surface area contributed by atoms with Gasteiger partial charge < -0.3 is 11.1 Å². The highest BCUT2D eigenvalue weighted by molar-refractivity contribution is 5.81. The Morgan fingerprint density at radius 1 is 1.27 bits per heavy atom. The van der Waals surface area contributed by atoms with Crippen molar-refractivity contribution in [2.45, 2.75) is 39.8 Å². The van der Waals surface area contributed by atoms with E-state index in [4.69, 9.17) is 5.73 Å². The third-order valence-electron chi connectivity index (χ3n) is 1.45. The third-order valence-corrected chi connectivity index (χ3v) is 1.45. The van der Waals surface area contributed by atoms with Gasteiger partial charge in [-0.2, -0.15) is 0 Å². The van der Waals surface area contributed by atoms with Gasteiger partial charge in [0.15, 0.2) is 0 Å². The fourth-order valence-corrected chi connectivity index (χ4v) is 0.683. The van der Waals surface area contributed by atoms with Crippen molar-refractivity contribution in [3.8, 4) is 0 Å². The molecule has 0 aromatic rings. The predicted molar refractivity (Wildman–Crippen MR) is 46.1 cm³/mol. The van der Waals surface area contributed by atoms with E-state index in [0.29, 0.717) is 0 Å². The highest BCUT2D eigenvalue weighted by Gasteiger charge is 2.16. The largest absolute Gasteiger partial charge is 0.353 e. The number of rotatable bonds is 3. The van der Waals surface area contributed by atoms with E-state index in [2.05, 4.69) is 5.32 Å². The molecule has 0 heterocycles. The van der Waals surface area contributed by atoms with Crippen LogP contribution in [0.25, 0.3) is 0 Å². The Bertz CT molecular complexity index is 132. The van der Waals surface area contributed by atoms with Crippen molar-refractivity contribution in [3.63, 3.8) is 0 Å². The molecule has 0 spiro atoms. The Kier molecular flexibility index (Phi) is 4.11. The van der Waals surface area contributed by atoms with E-state index < -0.39 is 0 Å². The zero-order valence-corrected chi connectivity index (χ0v) is 7.72. The molecule has 0 saturated carbocycles. The van der Waals surface area contributed by atoms with Crippen molar-refractivity contribution in [2.75, 3.05) is 0 Å². The maximum atomic E-state index is 11.2. The van der Waals surface area contributed by atoms with Crippen LogP contribution in [-0.4, -0.2) is 18.0 Å². The second-order valence-electron chi connectivity index (χ2n) is 3.43. The SMILES string of the molecule is CC(C)NC(=O)[C@@H](N)C(C)C. The lowest BCUT2D eigenvalue weighted by Crippen LogP contribution is -2.46. The summed E-state index contributed by atoms with van der Waals surface area (Å²) in [6.45, 7) is 7.71. The molecule has 3 N–H and O–H groups in total. The van der Waals surface area contributed by atoms with E-state index in [1.165, 1.54) is 0 Å². The number of carbonyl (C=O) groups is 1. The summed E-state index contributed by atoms with van der Waals surface area (Å²) in [5.41, 5.74) is 5.60. The summed E-state index contributed by atoms with van der Waals surface area (Å²) in [5, 5.41) is 2.76. The molecular weight excluding hydrogens is 140 g/mol. The van der Waals surface area contributed by atoms with Crippen LogP contribution in [-0.2, 0) is 4.79 Å². The summed E-state index contributed by atoms with van der Waals surface area (Å²) in [5.74, 6) is 0.142. The normalized spacial score (nSPS) is 13.7. The molecule has 0 radical (unpaired) electrons. The van der Waals surface area contributed by atoms with Crippen LogP contribution in [0.15, 0.2) is 0 Å². The van der Waals surface area contributed by atoms with Crippen LogP contribution in [0.3, 0.4) is 0 Å². The van der Waals surface area contributed by atoms with Gasteiger partial charge >= 0.3 is 0 Å². The standard InChI is InChI=1S/C8H18N2O/c1-5(2)7(9)8(11)10-6(3)4/h5-7H,9H2,1-4H3,(H,10,11)/t7-/m0/s1. The molecule has 0 aliphatic carbocycles. The first-order valence-electron chi connectivity index (χ1n) is 4.01. The molecule has 66 valence electrons. The average Bonchev–Trinajstić information content (AvgIpc) is 1.84. The van der Waals surface area contributed by atoms with Gasteiger partial charge in [0.05, 0.1) is 6.04 Å². The molecule has 0 fully saturated rings. The van der Waals surface area contributed by atoms with Gasteiger partial charge in [-0.25, -0.2) is 0 Å². The minimum atomic E-state index is -0.377. The van der Waals surface area contributed by atoms with Crippen molar-refractivity contribution in [1.29, 1.82) is 0 Å². The Labute approximate surface area is 68.3 Å². The monoisotopic (exact) mass is 158 g/mol. The lowest BCUT2D eigenvalue weighted by molar-refractivity contribution is -0.123. The van der Waals surface area contributed by atoms with Crippen molar-refractivity contribution < 1.29 is 4.79 Å². The maximum absolute atomic E-state index is 11.2. The van der Waals surface area contributed by atoms with Gasteiger partial charge in [-0.1, -0.05) is 13.8 Å². The molecule has 0 aliphatic rings. The summed E-state index contributed by atoms with van der Waals surface area (Å²) < 4.78 is 0. The van der Waals surface area contributed by atoms with Gasteiger partial charge in [0, 0.05) is 6.04 Å². The van der Waals surface area contributed by atoms with Gasteiger partial charge in [-0.15, -0.1) is 0 Å². The van der Waals surface area contributed by atoms with Crippen LogP contribution in [0.5, 0.6) is 0 Å². The van der Waals surface area contributed by atoms with Crippen LogP contribution >= 0.6 is 0 Å². The predicted octanol–water partition coefficient (Wildman–Crippen LogP) is 0.494. The Morgan fingerprint density at radius 3 is 2.00 bits per heavy atom. The molecular formula is C8H18N2O. The van der Waals surface area contributed by atoms with E-state index in [9.17, 15) is 4.79 Å². The molecule has 0 aliphatic heterocycles. The fourth-order valence-electron chi connectivity index (χ4n) is 0.683. The second-order valence-corrected chi connectivity index (χ2v) is 3.43. The first-order valence-corrected chi connectivity index (χ1v) is 4.01. The Hall–Kier alpha value is -0.570. The maximum Gasteiger partial charge on any atom is 0.237 e. The summed E-state index contributed by atoms with van der Waals surface area (Å²) in [7, 11) is 0. The first kappa shape index (κ1) is 10.4. The van der Waals surface area contributed by atoms with E-state index in [1.54, 1.807) is 0 Å². The Morgan fingerprint density at radius 2 is 1.73 bits per heavy atom. The summed E-state index contributed by atoms with van der Waals surface area (Å²) in [6, 6.07) is -0.204. The molecule has 0 unspecified atom stereocenters. The topological polar surface area (TPSA) is 55.1 Å². The number of hydrogen-bond donors (Lipinski definition) is 2. The van der Waals surface area contributed by atoms with Crippen molar-refractivity contribution in [1.82, 2.24) is 5.32 Å². The number of nitrogens with one attached hydrogen (secondary N) is 1. The molecule has 0 aromatic heterocycles. The summed E-state index contributed by atoms with van der Waals surface area (Å²) in [4.78, 5) is 11.2. The van der Waals surface area contributed by atoms with Crippen molar-refractivity contribution >= 4 is 5.91 Å². The van der Waals surface area contributed by atoms with Crippen LogP contribution in [0.1, 0.15) is 27.7 Å². The highest BCUT2D eigenvalue weighted by atomic mass is 16.2. The number of hydrogen-bond acceptors (Lipinski definition) is 2. The lowest BCUT2D eigenvalue weighted by atomic mass is 10.0. The minimum Gasteiger partial charge on any atom is -0.353 e. The lowest BCUT2D eigenvalue weighted by Gasteiger charge is -2.16. The highest BCUT2D eigenvalue weighted by Crippen LogP contribution is 1.97. The van der Waals surface area contributed by atoms with Gasteiger partial charge in [0.1, 0.15) is 0 Å². The van der Waals surface area contributed by atoms with Gasteiger partial charge in [-0.05, 0) is 19.8 Å². The van der Waals surface area contributed by atoms with Gasteiger partial charge in [-0.3, -0.25) is 4.79 Å². The number of nitrogens with two attached hydrogens (primary N) is 1. The van der Waals surface area contributed by atoms with E-state index >= 15 is 0 Å². The molecule has 3 nitrogen and oxygen atoms in total. The zero-order chi connectivity index (χ0) is 9.02. The summed E-state index contributed by atoms with van der Waals surface area (Å²) in [6.07, 6.45) is 0.